The molecule has 0 spiro atoms. The van der Waals surface area contributed by atoms with Gasteiger partial charge in [0.25, 0.3) is 0 Å². The summed E-state index contributed by atoms with van der Waals surface area (Å²) in [5.74, 6) is 0.532. The van der Waals surface area contributed by atoms with E-state index in [1.807, 2.05) is 73.8 Å². The minimum absolute atomic E-state index is 0.362. The minimum Gasteiger partial charge on any atom is -0.352 e. The number of hydrogen-bond donors (Lipinski definition) is 2. The molecular weight excluding hydrogens is 350 g/mol. The number of nitrogens with two attached hydrogens (primary N) is 1. The van der Waals surface area contributed by atoms with Crippen LogP contribution in [0, 0.1) is 6.92 Å². The second-order valence-electron chi connectivity index (χ2n) is 7.51. The summed E-state index contributed by atoms with van der Waals surface area (Å²) in [5.41, 5.74) is 10.7. The standard InChI is InChI=1S/C21H23N7/c1-14-7-6-8-15(25-14)18-19(28-12-5-4-9-17(28)27-18)16-10-11-23-20(26-16)24-13-21(2,3)22/h4-12H,13,22H2,1-3H3,(H,23,24,26). The van der Waals surface area contributed by atoms with Gasteiger partial charge in [0.2, 0.25) is 5.95 Å². The van der Waals surface area contributed by atoms with Crippen molar-refractivity contribution < 1.29 is 0 Å². The zero-order valence-electron chi connectivity index (χ0n) is 16.2. The minimum atomic E-state index is -0.362. The van der Waals surface area contributed by atoms with Crippen LogP contribution < -0.4 is 11.1 Å². The van der Waals surface area contributed by atoms with Crippen LogP contribution in [0.1, 0.15) is 19.5 Å². The van der Waals surface area contributed by atoms with Gasteiger partial charge in [-0.05, 0) is 51.1 Å². The molecule has 0 atom stereocenters. The maximum atomic E-state index is 6.06. The predicted octanol–water partition coefficient (Wildman–Crippen LogP) is 3.31. The molecule has 7 heteroatoms. The molecule has 28 heavy (non-hydrogen) atoms. The summed E-state index contributed by atoms with van der Waals surface area (Å²) in [7, 11) is 0. The van der Waals surface area contributed by atoms with E-state index < -0.39 is 0 Å². The van der Waals surface area contributed by atoms with Gasteiger partial charge in [-0.1, -0.05) is 12.1 Å². The van der Waals surface area contributed by atoms with Crippen LogP contribution >= 0.6 is 0 Å². The zero-order chi connectivity index (χ0) is 19.7. The second kappa shape index (κ2) is 7.01. The second-order valence-corrected chi connectivity index (χ2v) is 7.51. The lowest BCUT2D eigenvalue weighted by Crippen LogP contribution is -2.39. The molecule has 0 unspecified atom stereocenters. The van der Waals surface area contributed by atoms with Crippen molar-refractivity contribution in [3.63, 3.8) is 0 Å². The van der Waals surface area contributed by atoms with Gasteiger partial charge in [0, 0.05) is 30.2 Å². The lowest BCUT2D eigenvalue weighted by molar-refractivity contribution is 0.547. The van der Waals surface area contributed by atoms with Crippen LogP contribution in [0.15, 0.2) is 54.9 Å². The van der Waals surface area contributed by atoms with Gasteiger partial charge in [0.15, 0.2) is 0 Å². The molecule has 0 aliphatic rings. The monoisotopic (exact) mass is 373 g/mol. The summed E-state index contributed by atoms with van der Waals surface area (Å²) in [6.45, 7) is 6.45. The van der Waals surface area contributed by atoms with Crippen molar-refractivity contribution in [3.8, 4) is 22.8 Å². The maximum absolute atomic E-state index is 6.06. The SMILES string of the molecule is Cc1cccc(-c2nc3ccccn3c2-c2ccnc(NCC(C)(C)N)n2)n1. The first-order chi connectivity index (χ1) is 13.4. The molecule has 0 saturated carbocycles. The van der Waals surface area contributed by atoms with Crippen molar-refractivity contribution in [2.75, 3.05) is 11.9 Å². The highest BCUT2D eigenvalue weighted by Gasteiger charge is 2.19. The van der Waals surface area contributed by atoms with Crippen LogP contribution in [-0.2, 0) is 0 Å². The number of aromatic nitrogens is 5. The summed E-state index contributed by atoms with van der Waals surface area (Å²) < 4.78 is 2.03. The Labute approximate surface area is 163 Å². The van der Waals surface area contributed by atoms with Crippen LogP contribution in [-0.4, -0.2) is 36.4 Å². The number of imidazole rings is 1. The predicted molar refractivity (Wildman–Crippen MR) is 111 cm³/mol. The third-order valence-electron chi connectivity index (χ3n) is 4.26. The molecule has 0 radical (unpaired) electrons. The molecule has 3 N–H and O–H groups in total. The van der Waals surface area contributed by atoms with E-state index in [4.69, 9.17) is 15.7 Å². The largest absolute Gasteiger partial charge is 0.352 e. The topological polar surface area (TPSA) is 94.0 Å². The molecule has 0 aliphatic carbocycles. The molecule has 0 aromatic carbocycles. The fourth-order valence-electron chi connectivity index (χ4n) is 2.98. The highest BCUT2D eigenvalue weighted by Crippen LogP contribution is 2.31. The molecule has 4 aromatic heterocycles. The molecular formula is C21H23N7. The summed E-state index contributed by atoms with van der Waals surface area (Å²) in [6, 6.07) is 13.7. The third-order valence-corrected chi connectivity index (χ3v) is 4.26. The summed E-state index contributed by atoms with van der Waals surface area (Å²) in [6.07, 6.45) is 3.72. The smallest absolute Gasteiger partial charge is 0.223 e. The van der Waals surface area contributed by atoms with Crippen molar-refractivity contribution in [1.29, 1.82) is 0 Å². The first-order valence-corrected chi connectivity index (χ1v) is 9.18. The number of hydrogen-bond acceptors (Lipinski definition) is 6. The Morgan fingerprint density at radius 3 is 2.64 bits per heavy atom. The quantitative estimate of drug-likeness (QED) is 0.557. The number of nitrogens with zero attached hydrogens (tertiary/aromatic N) is 5. The van der Waals surface area contributed by atoms with Crippen molar-refractivity contribution in [2.24, 2.45) is 5.73 Å². The summed E-state index contributed by atoms with van der Waals surface area (Å²) in [5, 5.41) is 3.21. The third kappa shape index (κ3) is 3.70. The Hall–Kier alpha value is -3.32. The fourth-order valence-corrected chi connectivity index (χ4v) is 2.98. The highest BCUT2D eigenvalue weighted by molar-refractivity contribution is 5.79. The van der Waals surface area contributed by atoms with E-state index in [2.05, 4.69) is 15.3 Å². The van der Waals surface area contributed by atoms with Crippen LogP contribution in [0.4, 0.5) is 5.95 Å². The first-order valence-electron chi connectivity index (χ1n) is 9.18. The molecule has 0 aliphatic heterocycles. The van der Waals surface area contributed by atoms with Gasteiger partial charge in [-0.15, -0.1) is 0 Å². The summed E-state index contributed by atoms with van der Waals surface area (Å²) in [4.78, 5) is 18.5. The van der Waals surface area contributed by atoms with Crippen molar-refractivity contribution in [3.05, 3.63) is 60.6 Å². The van der Waals surface area contributed by atoms with Crippen LogP contribution in [0.2, 0.25) is 0 Å². The van der Waals surface area contributed by atoms with E-state index in [9.17, 15) is 0 Å². The number of rotatable bonds is 5. The molecule has 4 rings (SSSR count). The Bertz CT molecular complexity index is 1130. The van der Waals surface area contributed by atoms with E-state index in [0.717, 1.165) is 34.1 Å². The van der Waals surface area contributed by atoms with Gasteiger partial charge in [0.1, 0.15) is 17.0 Å². The Morgan fingerprint density at radius 2 is 1.86 bits per heavy atom. The number of anilines is 1. The number of fused-ring (bicyclic) bond motifs is 1. The molecule has 0 bridgehead atoms. The Kier molecular flexibility index (Phi) is 4.52. The molecule has 7 nitrogen and oxygen atoms in total. The number of aryl methyl sites for hydroxylation is 1. The van der Waals surface area contributed by atoms with E-state index in [1.165, 1.54) is 0 Å². The average molecular weight is 373 g/mol. The molecule has 4 aromatic rings. The number of nitrogens with one attached hydrogen (secondary N) is 1. The van der Waals surface area contributed by atoms with Gasteiger partial charge in [-0.3, -0.25) is 9.38 Å². The fraction of sp³-hybridized carbons (Fsp3) is 0.238. The van der Waals surface area contributed by atoms with Crippen molar-refractivity contribution in [2.45, 2.75) is 26.3 Å². The average Bonchev–Trinajstić information content (AvgIpc) is 3.06. The van der Waals surface area contributed by atoms with E-state index in [0.29, 0.717) is 12.5 Å². The van der Waals surface area contributed by atoms with Gasteiger partial charge in [0.05, 0.1) is 11.4 Å². The molecule has 4 heterocycles. The van der Waals surface area contributed by atoms with Crippen molar-refractivity contribution in [1.82, 2.24) is 24.3 Å². The van der Waals surface area contributed by atoms with E-state index in [-0.39, 0.29) is 5.54 Å². The molecule has 0 amide bonds. The lowest BCUT2D eigenvalue weighted by atomic mass is 10.1. The van der Waals surface area contributed by atoms with E-state index >= 15 is 0 Å². The van der Waals surface area contributed by atoms with Gasteiger partial charge >= 0.3 is 0 Å². The van der Waals surface area contributed by atoms with Crippen LogP contribution in [0.25, 0.3) is 28.4 Å². The number of pyridine rings is 2. The maximum Gasteiger partial charge on any atom is 0.223 e. The Morgan fingerprint density at radius 1 is 1.00 bits per heavy atom. The molecule has 0 saturated heterocycles. The lowest BCUT2D eigenvalue weighted by Gasteiger charge is -2.18. The van der Waals surface area contributed by atoms with Gasteiger partial charge in [-0.25, -0.2) is 15.0 Å². The Balaban J connectivity index is 1.85. The first kappa shape index (κ1) is 18.1. The van der Waals surface area contributed by atoms with E-state index in [1.54, 1.807) is 6.20 Å². The van der Waals surface area contributed by atoms with Gasteiger partial charge < -0.3 is 11.1 Å². The van der Waals surface area contributed by atoms with Crippen molar-refractivity contribution >= 4 is 11.6 Å². The van der Waals surface area contributed by atoms with Crippen LogP contribution in [0.5, 0.6) is 0 Å². The van der Waals surface area contributed by atoms with Crippen LogP contribution in [0.3, 0.4) is 0 Å². The molecule has 0 fully saturated rings. The van der Waals surface area contributed by atoms with Gasteiger partial charge in [-0.2, -0.15) is 0 Å². The zero-order valence-corrected chi connectivity index (χ0v) is 16.2. The highest BCUT2D eigenvalue weighted by atomic mass is 15.1. The normalized spacial score (nSPS) is 11.7. The molecule has 142 valence electrons. The summed E-state index contributed by atoms with van der Waals surface area (Å²) >= 11 is 0.